The van der Waals surface area contributed by atoms with Gasteiger partial charge in [0.2, 0.25) is 0 Å². The number of carbonyl (C=O) groups is 1. The summed E-state index contributed by atoms with van der Waals surface area (Å²) in [4.78, 5) is 22.5. The fraction of sp³-hybridized carbons (Fsp3) is 0.333. The second kappa shape index (κ2) is 5.66. The molecule has 0 N–H and O–H groups in total. The molecule has 0 aromatic heterocycles. The lowest BCUT2D eigenvalue weighted by atomic mass is 9.86. The van der Waals surface area contributed by atoms with Crippen molar-refractivity contribution in [2.24, 2.45) is 5.41 Å². The van der Waals surface area contributed by atoms with Gasteiger partial charge in [-0.05, 0) is 18.6 Å². The van der Waals surface area contributed by atoms with E-state index in [4.69, 9.17) is 5.26 Å². The van der Waals surface area contributed by atoms with E-state index in [0.29, 0.717) is 11.1 Å². The van der Waals surface area contributed by atoms with Crippen LogP contribution in [0.25, 0.3) is 6.08 Å². The van der Waals surface area contributed by atoms with Gasteiger partial charge >= 0.3 is 0 Å². The molecule has 0 aliphatic heterocycles. The Hall–Kier alpha value is -2.48. The number of hydrogen-bond acceptors (Lipinski definition) is 4. The van der Waals surface area contributed by atoms with Gasteiger partial charge in [0.1, 0.15) is 6.07 Å². The molecule has 20 heavy (non-hydrogen) atoms. The largest absolute Gasteiger partial charge is 0.293 e. The maximum atomic E-state index is 12.1. The summed E-state index contributed by atoms with van der Waals surface area (Å²) in [7, 11) is 0. The smallest absolute Gasteiger partial charge is 0.272 e. The fourth-order valence-corrected chi connectivity index (χ4v) is 1.63. The maximum Gasteiger partial charge on any atom is 0.272 e. The van der Waals surface area contributed by atoms with Crippen molar-refractivity contribution in [3.63, 3.8) is 0 Å². The lowest BCUT2D eigenvalue weighted by Gasteiger charge is -2.15. The molecule has 0 heterocycles. The molecule has 5 nitrogen and oxygen atoms in total. The van der Waals surface area contributed by atoms with Crippen molar-refractivity contribution in [2.75, 3.05) is 0 Å². The molecule has 1 aromatic carbocycles. The number of rotatable bonds is 3. The monoisotopic (exact) mass is 272 g/mol. The predicted octanol–water partition coefficient (Wildman–Crippen LogP) is 3.43. The summed E-state index contributed by atoms with van der Waals surface area (Å²) >= 11 is 0. The van der Waals surface area contributed by atoms with Crippen LogP contribution in [0.4, 0.5) is 5.69 Å². The number of allylic oxidation sites excluding steroid dienone is 1. The molecule has 0 saturated carbocycles. The molecule has 1 rings (SSSR count). The first-order valence-corrected chi connectivity index (χ1v) is 6.08. The Kier molecular flexibility index (Phi) is 4.41. The zero-order valence-corrected chi connectivity index (χ0v) is 11.9. The summed E-state index contributed by atoms with van der Waals surface area (Å²) in [6.45, 7) is 6.80. The minimum Gasteiger partial charge on any atom is -0.293 e. The highest BCUT2D eigenvalue weighted by atomic mass is 16.6. The number of nitro groups is 1. The minimum atomic E-state index is -0.668. The Morgan fingerprint density at radius 2 is 2.00 bits per heavy atom. The Labute approximate surface area is 117 Å². The summed E-state index contributed by atoms with van der Waals surface area (Å²) in [5, 5.41) is 20.0. The van der Waals surface area contributed by atoms with Gasteiger partial charge < -0.3 is 0 Å². The van der Waals surface area contributed by atoms with Crippen molar-refractivity contribution in [1.29, 1.82) is 5.26 Å². The Balaban J connectivity index is 3.29. The third-order valence-corrected chi connectivity index (χ3v) is 2.79. The van der Waals surface area contributed by atoms with Gasteiger partial charge in [-0.1, -0.05) is 32.9 Å². The molecular weight excluding hydrogens is 256 g/mol. The SMILES string of the molecule is Cc1ccc(/C=C(\C#N)C(=O)C(C)(C)C)cc1[N+](=O)[O-]. The zero-order valence-electron chi connectivity index (χ0n) is 11.9. The zero-order chi connectivity index (χ0) is 15.5. The molecular formula is C15H16N2O3. The van der Waals surface area contributed by atoms with E-state index in [1.807, 2.05) is 6.07 Å². The molecule has 0 spiro atoms. The molecule has 0 fully saturated rings. The topological polar surface area (TPSA) is 84.0 Å². The van der Waals surface area contributed by atoms with Crippen LogP contribution in [0.2, 0.25) is 0 Å². The molecule has 0 bridgehead atoms. The van der Waals surface area contributed by atoms with Crippen molar-refractivity contribution in [3.05, 3.63) is 45.0 Å². The van der Waals surface area contributed by atoms with E-state index < -0.39 is 10.3 Å². The number of aryl methyl sites for hydroxylation is 1. The van der Waals surface area contributed by atoms with E-state index in [2.05, 4.69) is 0 Å². The number of nitriles is 1. The van der Waals surface area contributed by atoms with E-state index in [-0.39, 0.29) is 17.0 Å². The molecule has 0 atom stereocenters. The van der Waals surface area contributed by atoms with Crippen molar-refractivity contribution in [3.8, 4) is 6.07 Å². The van der Waals surface area contributed by atoms with Gasteiger partial charge in [0.25, 0.3) is 5.69 Å². The third-order valence-electron chi connectivity index (χ3n) is 2.79. The molecule has 1 aromatic rings. The van der Waals surface area contributed by atoms with E-state index >= 15 is 0 Å². The Morgan fingerprint density at radius 3 is 2.45 bits per heavy atom. The second-order valence-electron chi connectivity index (χ2n) is 5.55. The standard InChI is InChI=1S/C15H16N2O3/c1-10-5-6-11(8-13(10)17(19)20)7-12(9-16)14(18)15(2,3)4/h5-8H,1-4H3/b12-7+. The van der Waals surface area contributed by atoms with Gasteiger partial charge in [-0.25, -0.2) is 0 Å². The average molecular weight is 272 g/mol. The second-order valence-corrected chi connectivity index (χ2v) is 5.55. The first-order chi connectivity index (χ1) is 9.16. The van der Waals surface area contributed by atoms with E-state index in [1.54, 1.807) is 39.8 Å². The van der Waals surface area contributed by atoms with Gasteiger partial charge in [0.05, 0.1) is 10.5 Å². The highest BCUT2D eigenvalue weighted by Gasteiger charge is 2.25. The van der Waals surface area contributed by atoms with Gasteiger partial charge in [-0.15, -0.1) is 0 Å². The first-order valence-electron chi connectivity index (χ1n) is 6.08. The predicted molar refractivity (Wildman–Crippen MR) is 75.9 cm³/mol. The number of ketones is 1. The summed E-state index contributed by atoms with van der Waals surface area (Å²) in [6.07, 6.45) is 1.39. The number of nitrogens with zero attached hydrogens (tertiary/aromatic N) is 2. The molecule has 0 aliphatic rings. The number of benzene rings is 1. The van der Waals surface area contributed by atoms with Crippen molar-refractivity contribution >= 4 is 17.5 Å². The highest BCUT2D eigenvalue weighted by Crippen LogP contribution is 2.24. The van der Waals surface area contributed by atoms with E-state index in [1.165, 1.54) is 12.1 Å². The summed E-state index contributed by atoms with van der Waals surface area (Å²) in [5.41, 5.74) is 0.303. The minimum absolute atomic E-state index is 0.00403. The lowest BCUT2D eigenvalue weighted by Crippen LogP contribution is -2.21. The highest BCUT2D eigenvalue weighted by molar-refractivity contribution is 6.06. The van der Waals surface area contributed by atoms with Crippen LogP contribution >= 0.6 is 0 Å². The van der Waals surface area contributed by atoms with Crippen molar-refractivity contribution in [1.82, 2.24) is 0 Å². The van der Waals surface area contributed by atoms with Gasteiger partial charge in [0, 0.05) is 17.0 Å². The van der Waals surface area contributed by atoms with Crippen LogP contribution in [-0.2, 0) is 4.79 Å². The number of carbonyl (C=O) groups excluding carboxylic acids is 1. The van der Waals surface area contributed by atoms with Crippen LogP contribution in [0.15, 0.2) is 23.8 Å². The van der Waals surface area contributed by atoms with Gasteiger partial charge in [-0.2, -0.15) is 5.26 Å². The molecule has 0 aliphatic carbocycles. The number of nitro benzene ring substituents is 1. The molecule has 0 unspecified atom stereocenters. The molecule has 0 radical (unpaired) electrons. The molecule has 0 saturated heterocycles. The van der Waals surface area contributed by atoms with E-state index in [9.17, 15) is 14.9 Å². The molecule has 104 valence electrons. The van der Waals surface area contributed by atoms with Gasteiger partial charge in [0.15, 0.2) is 5.78 Å². The first kappa shape index (κ1) is 15.6. The summed E-state index contributed by atoms with van der Waals surface area (Å²) in [6, 6.07) is 6.47. The number of hydrogen-bond donors (Lipinski definition) is 0. The van der Waals surface area contributed by atoms with Crippen LogP contribution in [0, 0.1) is 33.8 Å². The van der Waals surface area contributed by atoms with Crippen LogP contribution < -0.4 is 0 Å². The molecule has 0 amide bonds. The van der Waals surface area contributed by atoms with Crippen LogP contribution in [0.1, 0.15) is 31.9 Å². The molecule has 5 heteroatoms. The van der Waals surface area contributed by atoms with Gasteiger partial charge in [-0.3, -0.25) is 14.9 Å². The fourth-order valence-electron chi connectivity index (χ4n) is 1.63. The normalized spacial score (nSPS) is 11.8. The Morgan fingerprint density at radius 1 is 1.40 bits per heavy atom. The number of Topliss-reactive ketones (excluding diaryl/α,β-unsaturated/α-hetero) is 1. The maximum absolute atomic E-state index is 12.1. The van der Waals surface area contributed by atoms with Crippen molar-refractivity contribution < 1.29 is 9.72 Å². The van der Waals surface area contributed by atoms with Crippen LogP contribution in [0.5, 0.6) is 0 Å². The Bertz CT molecular complexity index is 631. The average Bonchev–Trinajstić information content (AvgIpc) is 2.35. The summed E-state index contributed by atoms with van der Waals surface area (Å²) in [5.74, 6) is -0.289. The lowest BCUT2D eigenvalue weighted by molar-refractivity contribution is -0.385. The third kappa shape index (κ3) is 3.51. The van der Waals surface area contributed by atoms with Crippen LogP contribution in [0.3, 0.4) is 0 Å². The van der Waals surface area contributed by atoms with Crippen molar-refractivity contribution in [2.45, 2.75) is 27.7 Å². The summed E-state index contributed by atoms with van der Waals surface area (Å²) < 4.78 is 0. The van der Waals surface area contributed by atoms with Crippen LogP contribution in [-0.4, -0.2) is 10.7 Å². The van der Waals surface area contributed by atoms with E-state index in [0.717, 1.165) is 0 Å². The quantitative estimate of drug-likeness (QED) is 0.365.